The summed E-state index contributed by atoms with van der Waals surface area (Å²) in [7, 11) is 0. The fraction of sp³-hybridized carbons (Fsp3) is 0.286. The summed E-state index contributed by atoms with van der Waals surface area (Å²) >= 11 is 0. The minimum Gasteiger partial charge on any atom is -0.492 e. The van der Waals surface area contributed by atoms with Crippen molar-refractivity contribution in [3.63, 3.8) is 0 Å². The Morgan fingerprint density at radius 1 is 0.944 bits per heavy atom. The Bertz CT molecular complexity index is 1160. The number of urea groups is 1. The summed E-state index contributed by atoms with van der Waals surface area (Å²) in [5.41, 5.74) is 3.54. The molecular formula is C28H32N4O4. The molecule has 3 aromatic rings. The van der Waals surface area contributed by atoms with Crippen LogP contribution in [0.15, 0.2) is 72.8 Å². The monoisotopic (exact) mass is 488 g/mol. The number of aryl methyl sites for hydroxylation is 1. The molecule has 0 aromatic heterocycles. The van der Waals surface area contributed by atoms with Crippen molar-refractivity contribution >= 4 is 23.3 Å². The Kier molecular flexibility index (Phi) is 8.91. The maximum Gasteiger partial charge on any atom is 0.319 e. The van der Waals surface area contributed by atoms with E-state index in [1.807, 2.05) is 67.6 Å². The Morgan fingerprint density at radius 2 is 1.75 bits per heavy atom. The number of rotatable bonds is 9. The fourth-order valence-electron chi connectivity index (χ4n) is 3.83. The summed E-state index contributed by atoms with van der Waals surface area (Å²) in [6.07, 6.45) is 0. The minimum absolute atomic E-state index is 0.241. The average molecular weight is 489 g/mol. The molecule has 0 bridgehead atoms. The van der Waals surface area contributed by atoms with Gasteiger partial charge in [0.2, 0.25) is 0 Å². The first-order chi connectivity index (χ1) is 17.6. The van der Waals surface area contributed by atoms with E-state index in [-0.39, 0.29) is 11.9 Å². The molecule has 1 heterocycles. The van der Waals surface area contributed by atoms with Gasteiger partial charge in [-0.15, -0.1) is 0 Å². The van der Waals surface area contributed by atoms with Gasteiger partial charge < -0.3 is 25.4 Å². The van der Waals surface area contributed by atoms with Crippen molar-refractivity contribution in [2.24, 2.45) is 0 Å². The first kappa shape index (κ1) is 25.2. The van der Waals surface area contributed by atoms with Crippen molar-refractivity contribution in [3.8, 4) is 5.75 Å². The number of nitrogens with zero attached hydrogens (tertiary/aromatic N) is 1. The van der Waals surface area contributed by atoms with Gasteiger partial charge in [-0.25, -0.2) is 4.79 Å². The van der Waals surface area contributed by atoms with Gasteiger partial charge in [0.1, 0.15) is 12.4 Å². The number of carbonyl (C=O) groups is 2. The van der Waals surface area contributed by atoms with Crippen molar-refractivity contribution in [2.45, 2.75) is 13.5 Å². The van der Waals surface area contributed by atoms with E-state index in [0.717, 1.165) is 49.7 Å². The highest BCUT2D eigenvalue weighted by Gasteiger charge is 2.12. The number of ether oxygens (including phenoxy) is 2. The lowest BCUT2D eigenvalue weighted by molar-refractivity contribution is 0.0322. The van der Waals surface area contributed by atoms with Gasteiger partial charge >= 0.3 is 6.03 Å². The Labute approximate surface area is 211 Å². The zero-order valence-corrected chi connectivity index (χ0v) is 20.5. The third-order valence-electron chi connectivity index (χ3n) is 5.91. The average Bonchev–Trinajstić information content (AvgIpc) is 2.90. The largest absolute Gasteiger partial charge is 0.492 e. The summed E-state index contributed by atoms with van der Waals surface area (Å²) in [4.78, 5) is 27.5. The van der Waals surface area contributed by atoms with Crippen molar-refractivity contribution < 1.29 is 19.1 Å². The molecule has 0 atom stereocenters. The van der Waals surface area contributed by atoms with Gasteiger partial charge in [-0.3, -0.25) is 9.69 Å². The molecule has 0 saturated carbocycles. The minimum atomic E-state index is -0.350. The number of nitrogens with one attached hydrogen (secondary N) is 3. The molecule has 1 fully saturated rings. The Balaban J connectivity index is 1.27. The third-order valence-corrected chi connectivity index (χ3v) is 5.91. The van der Waals surface area contributed by atoms with Gasteiger partial charge in [0.15, 0.2) is 0 Å². The van der Waals surface area contributed by atoms with E-state index in [1.54, 1.807) is 12.1 Å². The summed E-state index contributed by atoms with van der Waals surface area (Å²) < 4.78 is 11.3. The Morgan fingerprint density at radius 3 is 2.56 bits per heavy atom. The first-order valence-corrected chi connectivity index (χ1v) is 12.1. The van der Waals surface area contributed by atoms with E-state index in [1.165, 1.54) is 0 Å². The molecule has 0 radical (unpaired) electrons. The van der Waals surface area contributed by atoms with Crippen molar-refractivity contribution in [1.82, 2.24) is 10.2 Å². The second kappa shape index (κ2) is 12.7. The molecule has 1 aliphatic rings. The zero-order valence-electron chi connectivity index (χ0n) is 20.5. The highest BCUT2D eigenvalue weighted by molar-refractivity contribution is 6.05. The molecule has 3 N–H and O–H groups in total. The molecule has 36 heavy (non-hydrogen) atoms. The molecule has 0 spiro atoms. The van der Waals surface area contributed by atoms with E-state index in [4.69, 9.17) is 9.47 Å². The summed E-state index contributed by atoms with van der Waals surface area (Å²) in [6, 6.07) is 21.8. The summed E-state index contributed by atoms with van der Waals surface area (Å²) in [5, 5.41) is 8.57. The van der Waals surface area contributed by atoms with Crippen molar-refractivity contribution in [3.05, 3.63) is 89.5 Å². The van der Waals surface area contributed by atoms with Gasteiger partial charge in [-0.2, -0.15) is 0 Å². The summed E-state index contributed by atoms with van der Waals surface area (Å²) in [6.45, 7) is 7.10. The van der Waals surface area contributed by atoms with E-state index >= 15 is 0 Å². The van der Waals surface area contributed by atoms with Crippen LogP contribution in [0.1, 0.15) is 21.5 Å². The van der Waals surface area contributed by atoms with Gasteiger partial charge in [0, 0.05) is 43.1 Å². The van der Waals surface area contributed by atoms with Crippen molar-refractivity contribution in [1.29, 1.82) is 0 Å². The van der Waals surface area contributed by atoms with E-state index in [0.29, 0.717) is 30.1 Å². The van der Waals surface area contributed by atoms with E-state index in [9.17, 15) is 9.59 Å². The third kappa shape index (κ3) is 7.56. The zero-order chi connectivity index (χ0) is 25.2. The number of amides is 3. The second-order valence-corrected chi connectivity index (χ2v) is 8.61. The van der Waals surface area contributed by atoms with E-state index in [2.05, 4.69) is 20.9 Å². The first-order valence-electron chi connectivity index (χ1n) is 12.1. The smallest absolute Gasteiger partial charge is 0.319 e. The number of hydrogen-bond acceptors (Lipinski definition) is 5. The molecule has 8 nitrogen and oxygen atoms in total. The number of carbonyl (C=O) groups excluding carboxylic acids is 2. The number of anilines is 2. The van der Waals surface area contributed by atoms with Gasteiger partial charge in [-0.1, -0.05) is 36.4 Å². The molecule has 0 aliphatic carbocycles. The van der Waals surface area contributed by atoms with Gasteiger partial charge in [0.05, 0.1) is 13.2 Å². The lowest BCUT2D eigenvalue weighted by Crippen LogP contribution is -2.38. The molecule has 1 aliphatic heterocycles. The van der Waals surface area contributed by atoms with Crippen LogP contribution < -0.4 is 20.7 Å². The lowest BCUT2D eigenvalue weighted by Gasteiger charge is -2.26. The predicted molar refractivity (Wildman–Crippen MR) is 141 cm³/mol. The number of para-hydroxylation sites is 1. The fourth-order valence-corrected chi connectivity index (χ4v) is 3.83. The van der Waals surface area contributed by atoms with Crippen LogP contribution in [0.2, 0.25) is 0 Å². The van der Waals surface area contributed by atoms with Crippen LogP contribution in [-0.4, -0.2) is 56.3 Å². The second-order valence-electron chi connectivity index (χ2n) is 8.61. The Hall–Kier alpha value is -3.88. The SMILES string of the molecule is Cc1ccc(C(=O)Nc2ccccc2)cc1NC(=O)NCc1cccc(OCCN2CCOCC2)c1. The number of hydrogen-bond donors (Lipinski definition) is 3. The van der Waals surface area contributed by atoms with Crippen LogP contribution in [0.4, 0.5) is 16.2 Å². The van der Waals surface area contributed by atoms with Crippen LogP contribution in [0.5, 0.6) is 5.75 Å². The standard InChI is InChI=1S/C28H32N4O4/c1-21-10-11-23(27(33)30-24-7-3-2-4-8-24)19-26(21)31-28(34)29-20-22-6-5-9-25(18-22)36-17-14-32-12-15-35-16-13-32/h2-11,18-19H,12-17,20H2,1H3,(H,30,33)(H2,29,31,34). The molecule has 4 rings (SSSR count). The van der Waals surface area contributed by atoms with Crippen LogP contribution in [0, 0.1) is 6.92 Å². The molecule has 0 unspecified atom stereocenters. The van der Waals surface area contributed by atoms with Crippen LogP contribution in [0.3, 0.4) is 0 Å². The molecule has 8 heteroatoms. The predicted octanol–water partition coefficient (Wildman–Crippen LogP) is 4.28. The van der Waals surface area contributed by atoms with E-state index < -0.39 is 0 Å². The molecule has 1 saturated heterocycles. The summed E-state index contributed by atoms with van der Waals surface area (Å²) in [5.74, 6) is 0.533. The number of benzene rings is 3. The van der Waals surface area contributed by atoms with Crippen LogP contribution in [-0.2, 0) is 11.3 Å². The van der Waals surface area contributed by atoms with Crippen LogP contribution in [0.25, 0.3) is 0 Å². The van der Waals surface area contributed by atoms with Gasteiger partial charge in [-0.05, 0) is 54.4 Å². The normalized spacial score (nSPS) is 13.6. The molecule has 188 valence electrons. The maximum atomic E-state index is 12.6. The topological polar surface area (TPSA) is 91.9 Å². The van der Waals surface area contributed by atoms with Crippen molar-refractivity contribution in [2.75, 3.05) is 50.1 Å². The van der Waals surface area contributed by atoms with Gasteiger partial charge in [0.25, 0.3) is 5.91 Å². The number of morpholine rings is 1. The quantitative estimate of drug-likeness (QED) is 0.418. The maximum absolute atomic E-state index is 12.6. The molecule has 3 amide bonds. The highest BCUT2D eigenvalue weighted by atomic mass is 16.5. The lowest BCUT2D eigenvalue weighted by atomic mass is 10.1. The van der Waals surface area contributed by atoms with Crippen LogP contribution >= 0.6 is 0 Å². The molecule has 3 aromatic carbocycles. The highest BCUT2D eigenvalue weighted by Crippen LogP contribution is 2.19. The molecular weight excluding hydrogens is 456 g/mol.